The van der Waals surface area contributed by atoms with Crippen LogP contribution in [0.15, 0.2) is 146 Å². The van der Waals surface area contributed by atoms with Gasteiger partial charge in [-0.2, -0.15) is 0 Å². The number of imidazole rings is 2. The topological polar surface area (TPSA) is 115 Å². The van der Waals surface area contributed by atoms with Crippen molar-refractivity contribution in [2.75, 3.05) is 0 Å². The van der Waals surface area contributed by atoms with Crippen LogP contribution < -0.4 is 0 Å². The maximum absolute atomic E-state index is 13.7. The fraction of sp³-hybridized carbons (Fsp3) is 0. The molecule has 8 aromatic rings. The van der Waals surface area contributed by atoms with Crippen molar-refractivity contribution in [3.63, 3.8) is 0 Å². The summed E-state index contributed by atoms with van der Waals surface area (Å²) in [6.45, 7) is 0. The third-order valence-corrected chi connectivity index (χ3v) is 9.14. The Morgan fingerprint density at radius 1 is 0.400 bits per heavy atom. The van der Waals surface area contributed by atoms with E-state index in [1.54, 1.807) is 36.4 Å². The Balaban J connectivity index is 1.19. The van der Waals surface area contributed by atoms with Gasteiger partial charge in [-0.15, -0.1) is 0 Å². The van der Waals surface area contributed by atoms with Crippen LogP contribution >= 0.6 is 0 Å². The van der Waals surface area contributed by atoms with Gasteiger partial charge in [0.05, 0.1) is 22.8 Å². The summed E-state index contributed by atoms with van der Waals surface area (Å²) >= 11 is 0. The molecule has 9 rings (SSSR count). The molecule has 1 aliphatic carbocycles. The number of aromatic nitrogens is 4. The third-order valence-electron chi connectivity index (χ3n) is 9.14. The highest BCUT2D eigenvalue weighted by molar-refractivity contribution is 6.22. The van der Waals surface area contributed by atoms with E-state index in [1.165, 1.54) is 0 Å². The number of hydrogen-bond acceptors (Lipinski definition) is 5. The van der Waals surface area contributed by atoms with Gasteiger partial charge in [0.25, 0.3) is 0 Å². The molecule has 7 heteroatoms. The van der Waals surface area contributed by atoms with E-state index in [9.17, 15) is 15.0 Å². The zero-order chi connectivity index (χ0) is 33.8. The summed E-state index contributed by atoms with van der Waals surface area (Å²) < 4.78 is 0. The van der Waals surface area contributed by atoms with Crippen LogP contribution in [0.1, 0.15) is 15.9 Å². The molecular formula is C43H28N4O3. The van der Waals surface area contributed by atoms with E-state index in [4.69, 9.17) is 9.97 Å². The first-order valence-electron chi connectivity index (χ1n) is 16.2. The van der Waals surface area contributed by atoms with Gasteiger partial charge in [-0.05, 0) is 59.7 Å². The van der Waals surface area contributed by atoms with Crippen molar-refractivity contribution >= 4 is 5.78 Å². The van der Waals surface area contributed by atoms with Crippen molar-refractivity contribution in [2.45, 2.75) is 0 Å². The molecule has 50 heavy (non-hydrogen) atoms. The van der Waals surface area contributed by atoms with Crippen molar-refractivity contribution < 1.29 is 15.0 Å². The van der Waals surface area contributed by atoms with Crippen molar-refractivity contribution in [2.24, 2.45) is 0 Å². The lowest BCUT2D eigenvalue weighted by Crippen LogP contribution is -1.95. The fourth-order valence-electron chi connectivity index (χ4n) is 6.74. The Hall–Kier alpha value is -6.99. The lowest BCUT2D eigenvalue weighted by Gasteiger charge is -2.08. The predicted octanol–water partition coefficient (Wildman–Crippen LogP) is 9.76. The normalized spacial score (nSPS) is 11.8. The van der Waals surface area contributed by atoms with Crippen molar-refractivity contribution in [3.8, 4) is 90.4 Å². The summed E-state index contributed by atoms with van der Waals surface area (Å²) in [6, 6.07) is 45.8. The van der Waals surface area contributed by atoms with E-state index in [2.05, 4.69) is 9.97 Å². The number of benzene rings is 6. The number of aromatic hydroxyl groups is 2. The Kier molecular flexibility index (Phi) is 6.77. The van der Waals surface area contributed by atoms with Gasteiger partial charge in [-0.3, -0.25) is 4.79 Å². The summed E-state index contributed by atoms with van der Waals surface area (Å²) in [6.07, 6.45) is 0. The third kappa shape index (κ3) is 4.96. The fourth-order valence-corrected chi connectivity index (χ4v) is 6.74. The molecule has 0 unspecified atom stereocenters. The molecule has 0 saturated carbocycles. The second kappa shape index (κ2) is 11.6. The van der Waals surface area contributed by atoms with Gasteiger partial charge in [-0.25, -0.2) is 9.97 Å². The first-order chi connectivity index (χ1) is 24.5. The number of nitrogens with one attached hydrogen (secondary N) is 2. The van der Waals surface area contributed by atoms with Gasteiger partial charge in [-0.1, -0.05) is 97.1 Å². The number of rotatable bonds is 6. The van der Waals surface area contributed by atoms with Gasteiger partial charge in [0.15, 0.2) is 5.78 Å². The molecule has 4 N–H and O–H groups in total. The molecule has 6 aromatic carbocycles. The van der Waals surface area contributed by atoms with Crippen LogP contribution in [0.4, 0.5) is 0 Å². The Bertz CT molecular complexity index is 2410. The molecule has 0 amide bonds. The van der Waals surface area contributed by atoms with Crippen LogP contribution in [-0.4, -0.2) is 35.9 Å². The number of aromatic amines is 2. The summed E-state index contributed by atoms with van der Waals surface area (Å²) in [7, 11) is 0. The molecular weight excluding hydrogens is 620 g/mol. The van der Waals surface area contributed by atoms with Crippen LogP contribution in [0.5, 0.6) is 11.5 Å². The zero-order valence-electron chi connectivity index (χ0n) is 26.6. The molecule has 7 nitrogen and oxygen atoms in total. The van der Waals surface area contributed by atoms with Crippen LogP contribution in [0.25, 0.3) is 78.9 Å². The average Bonchev–Trinajstić information content (AvgIpc) is 3.88. The second-order valence-electron chi connectivity index (χ2n) is 12.3. The van der Waals surface area contributed by atoms with E-state index in [1.807, 2.05) is 109 Å². The predicted molar refractivity (Wildman–Crippen MR) is 196 cm³/mol. The average molecular weight is 649 g/mol. The van der Waals surface area contributed by atoms with Crippen molar-refractivity contribution in [3.05, 3.63) is 157 Å². The minimum absolute atomic E-state index is 0.0235. The van der Waals surface area contributed by atoms with Crippen LogP contribution in [0, 0.1) is 0 Å². The molecule has 0 fully saturated rings. The van der Waals surface area contributed by atoms with Crippen LogP contribution in [-0.2, 0) is 0 Å². The lowest BCUT2D eigenvalue weighted by molar-refractivity contribution is 0.104. The molecule has 238 valence electrons. The maximum Gasteiger partial charge on any atom is 0.194 e. The molecule has 1 aliphatic rings. The van der Waals surface area contributed by atoms with Crippen LogP contribution in [0.2, 0.25) is 0 Å². The largest absolute Gasteiger partial charge is 0.508 e. The number of phenolic OH excluding ortho intramolecular Hbond substituents is 2. The zero-order valence-corrected chi connectivity index (χ0v) is 26.6. The summed E-state index contributed by atoms with van der Waals surface area (Å²) in [5.74, 6) is 1.55. The summed E-state index contributed by atoms with van der Waals surface area (Å²) in [4.78, 5) is 30.8. The first kappa shape index (κ1) is 29.2. The number of hydrogen-bond donors (Lipinski definition) is 4. The molecule has 0 atom stereocenters. The number of phenols is 2. The van der Waals surface area contributed by atoms with Gasteiger partial charge < -0.3 is 20.2 Å². The van der Waals surface area contributed by atoms with E-state index in [0.717, 1.165) is 67.3 Å². The highest BCUT2D eigenvalue weighted by atomic mass is 16.3. The highest BCUT2D eigenvalue weighted by Gasteiger charge is 2.29. The molecule has 0 bridgehead atoms. The number of H-pyrrole nitrogens is 2. The molecule has 0 radical (unpaired) electrons. The Labute approximate surface area is 287 Å². The van der Waals surface area contributed by atoms with Gasteiger partial charge in [0.1, 0.15) is 23.1 Å². The van der Waals surface area contributed by atoms with Crippen molar-refractivity contribution in [1.82, 2.24) is 19.9 Å². The second-order valence-corrected chi connectivity index (χ2v) is 12.3. The van der Waals surface area contributed by atoms with Crippen molar-refractivity contribution in [1.29, 1.82) is 0 Å². The minimum Gasteiger partial charge on any atom is -0.508 e. The van der Waals surface area contributed by atoms with E-state index < -0.39 is 0 Å². The summed E-state index contributed by atoms with van der Waals surface area (Å²) in [5, 5.41) is 20.3. The molecule has 0 aliphatic heterocycles. The number of ketones is 1. The number of carbonyl (C=O) groups is 1. The first-order valence-corrected chi connectivity index (χ1v) is 16.2. The minimum atomic E-state index is -0.0235. The molecule has 0 saturated heterocycles. The quantitative estimate of drug-likeness (QED) is 0.143. The molecule has 2 heterocycles. The maximum atomic E-state index is 13.7. The van der Waals surface area contributed by atoms with Gasteiger partial charge >= 0.3 is 0 Å². The Morgan fingerprint density at radius 3 is 1.24 bits per heavy atom. The monoisotopic (exact) mass is 648 g/mol. The number of fused-ring (bicyclic) bond motifs is 3. The molecule has 0 spiro atoms. The highest BCUT2D eigenvalue weighted by Crippen LogP contribution is 2.44. The van der Waals surface area contributed by atoms with Crippen LogP contribution in [0.3, 0.4) is 0 Å². The smallest absolute Gasteiger partial charge is 0.194 e. The van der Waals surface area contributed by atoms with E-state index >= 15 is 0 Å². The van der Waals surface area contributed by atoms with E-state index in [0.29, 0.717) is 22.8 Å². The summed E-state index contributed by atoms with van der Waals surface area (Å²) in [5.41, 5.74) is 11.3. The van der Waals surface area contributed by atoms with E-state index in [-0.39, 0.29) is 17.3 Å². The lowest BCUT2D eigenvalue weighted by atomic mass is 9.97. The standard InChI is InChI=1S/C43H28N4O3/c48-31-15-7-13-29(21-31)42-44-37(25-9-3-1-4-10-25)39(46-42)27-17-19-33-35(23-27)36-24-28(18-20-34(36)41(33)50)40-38(26-11-5-2-6-12-26)45-43(47-40)30-14-8-16-32(49)22-30/h1-24,48-49H,(H,44,46)(H,45,47). The SMILES string of the molecule is O=C1c2ccc(-c3nc(-c4cccc(O)c4)[nH]c3-c3ccccc3)cc2-c2cc(-c3nc(-c4cccc(O)c4)[nH]c3-c3ccccc3)ccc21. The molecule has 2 aromatic heterocycles. The van der Waals surface area contributed by atoms with Gasteiger partial charge in [0.2, 0.25) is 0 Å². The number of nitrogens with zero attached hydrogens (tertiary/aromatic N) is 2. The van der Waals surface area contributed by atoms with Gasteiger partial charge in [0, 0.05) is 44.5 Å². The Morgan fingerprint density at radius 2 is 0.820 bits per heavy atom. The number of carbonyl (C=O) groups excluding carboxylic acids is 1.